The van der Waals surface area contributed by atoms with Crippen LogP contribution in [0.2, 0.25) is 0 Å². The molecule has 1 aliphatic heterocycles. The molecule has 8 nitrogen and oxygen atoms in total. The summed E-state index contributed by atoms with van der Waals surface area (Å²) in [5.41, 5.74) is 1.97. The van der Waals surface area contributed by atoms with Crippen molar-refractivity contribution in [1.29, 1.82) is 0 Å². The number of hydrogen-bond acceptors (Lipinski definition) is 6. The van der Waals surface area contributed by atoms with Crippen molar-refractivity contribution in [3.63, 3.8) is 0 Å². The Morgan fingerprint density at radius 1 is 1.00 bits per heavy atom. The zero-order valence-electron chi connectivity index (χ0n) is 17.9. The van der Waals surface area contributed by atoms with Gasteiger partial charge in [0, 0.05) is 17.7 Å². The van der Waals surface area contributed by atoms with Crippen LogP contribution in [0.5, 0.6) is 11.5 Å². The number of amides is 1. The summed E-state index contributed by atoms with van der Waals surface area (Å²) in [6, 6.07) is 21.3. The first-order chi connectivity index (χ1) is 16.0. The van der Waals surface area contributed by atoms with Crippen molar-refractivity contribution in [2.24, 2.45) is 4.99 Å². The van der Waals surface area contributed by atoms with Gasteiger partial charge in [0.15, 0.2) is 11.5 Å². The molecule has 0 spiro atoms. The van der Waals surface area contributed by atoms with Gasteiger partial charge in [0.05, 0.1) is 18.6 Å². The van der Waals surface area contributed by atoms with Gasteiger partial charge in [-0.2, -0.15) is 0 Å². The van der Waals surface area contributed by atoms with Gasteiger partial charge in [0.25, 0.3) is 15.9 Å². The number of fused-ring (bicyclic) bond motifs is 1. The van der Waals surface area contributed by atoms with E-state index in [0.29, 0.717) is 29.2 Å². The van der Waals surface area contributed by atoms with Gasteiger partial charge in [-0.05, 0) is 35.9 Å². The van der Waals surface area contributed by atoms with Gasteiger partial charge in [0.2, 0.25) is 0 Å². The average Bonchev–Trinajstić information content (AvgIpc) is 3.11. The maximum absolute atomic E-state index is 12.5. The number of hydrogen-bond donors (Lipinski definition) is 2. The van der Waals surface area contributed by atoms with Gasteiger partial charge in [-0.3, -0.25) is 14.5 Å². The van der Waals surface area contributed by atoms with Crippen LogP contribution in [-0.2, 0) is 16.6 Å². The molecule has 9 heteroatoms. The second-order valence-electron chi connectivity index (χ2n) is 7.23. The van der Waals surface area contributed by atoms with Crippen molar-refractivity contribution in [1.82, 2.24) is 10.0 Å². The lowest BCUT2D eigenvalue weighted by Crippen LogP contribution is -2.27. The topological polar surface area (TPSA) is 106 Å². The summed E-state index contributed by atoms with van der Waals surface area (Å²) in [5, 5.41) is 2.78. The van der Waals surface area contributed by atoms with Crippen LogP contribution in [0.3, 0.4) is 0 Å². The van der Waals surface area contributed by atoms with E-state index in [0.717, 1.165) is 5.56 Å². The zero-order chi connectivity index (χ0) is 23.3. The third kappa shape index (κ3) is 5.15. The molecule has 33 heavy (non-hydrogen) atoms. The highest BCUT2D eigenvalue weighted by molar-refractivity contribution is 7.90. The van der Waals surface area contributed by atoms with Crippen molar-refractivity contribution in [2.75, 3.05) is 20.2 Å². The fourth-order valence-corrected chi connectivity index (χ4v) is 4.60. The minimum atomic E-state index is -3.58. The number of benzene rings is 3. The van der Waals surface area contributed by atoms with Crippen LogP contribution >= 0.6 is 0 Å². The number of carbonyl (C=O) groups excluding carboxylic acids is 1. The first kappa shape index (κ1) is 22.3. The maximum Gasteiger partial charge on any atom is 0.263 e. The summed E-state index contributed by atoms with van der Waals surface area (Å²) < 4.78 is 37.9. The van der Waals surface area contributed by atoms with Crippen LogP contribution in [0.25, 0.3) is 0 Å². The van der Waals surface area contributed by atoms with E-state index < -0.39 is 10.0 Å². The van der Waals surface area contributed by atoms with Crippen molar-refractivity contribution in [3.05, 3.63) is 89.5 Å². The Balaban J connectivity index is 1.35. The molecule has 1 heterocycles. The molecule has 4 rings (SSSR count). The van der Waals surface area contributed by atoms with Crippen LogP contribution in [0.4, 0.5) is 0 Å². The predicted molar refractivity (Wildman–Crippen MR) is 124 cm³/mol. The third-order valence-corrected chi connectivity index (χ3v) is 6.39. The minimum Gasteiger partial charge on any atom is -0.493 e. The van der Waals surface area contributed by atoms with Crippen LogP contribution < -0.4 is 19.5 Å². The Hall–Kier alpha value is -3.85. The molecule has 2 N–H and O–H groups in total. The lowest BCUT2D eigenvalue weighted by Gasteiger charge is -2.12. The third-order valence-electron chi connectivity index (χ3n) is 4.99. The monoisotopic (exact) mass is 465 g/mol. The quantitative estimate of drug-likeness (QED) is 0.498. The molecule has 3 aromatic rings. The fourth-order valence-electron chi connectivity index (χ4n) is 3.35. The molecule has 170 valence electrons. The highest BCUT2D eigenvalue weighted by atomic mass is 32.2. The maximum atomic E-state index is 12.5. The summed E-state index contributed by atoms with van der Waals surface area (Å²) in [4.78, 5) is 17.0. The number of sulfonamides is 1. The molecule has 1 amide bonds. The van der Waals surface area contributed by atoms with Crippen LogP contribution in [-0.4, -0.2) is 40.4 Å². The van der Waals surface area contributed by atoms with E-state index >= 15 is 0 Å². The molecule has 0 saturated carbocycles. The van der Waals surface area contributed by atoms with Crippen LogP contribution in [0, 0.1) is 0 Å². The molecule has 0 atom stereocenters. The predicted octanol–water partition coefficient (Wildman–Crippen LogP) is 2.74. The molecule has 0 saturated heterocycles. The molecular weight excluding hydrogens is 442 g/mol. The van der Waals surface area contributed by atoms with Gasteiger partial charge < -0.3 is 14.8 Å². The van der Waals surface area contributed by atoms with E-state index in [9.17, 15) is 13.2 Å². The van der Waals surface area contributed by atoms with Crippen molar-refractivity contribution >= 4 is 21.8 Å². The zero-order valence-corrected chi connectivity index (χ0v) is 18.8. The number of methoxy groups -OCH3 is 1. The van der Waals surface area contributed by atoms with Gasteiger partial charge in [0.1, 0.15) is 12.4 Å². The average molecular weight is 466 g/mol. The highest BCUT2D eigenvalue weighted by Gasteiger charge is 2.29. The van der Waals surface area contributed by atoms with Gasteiger partial charge in [-0.1, -0.05) is 42.5 Å². The summed E-state index contributed by atoms with van der Waals surface area (Å²) in [7, 11) is -2.06. The molecule has 0 aromatic heterocycles. The summed E-state index contributed by atoms with van der Waals surface area (Å²) in [6.45, 7) is 0.837. The van der Waals surface area contributed by atoms with E-state index in [4.69, 9.17) is 9.47 Å². The molecule has 0 bridgehead atoms. The molecule has 0 radical (unpaired) electrons. The fraction of sp³-hybridized carbons (Fsp3) is 0.167. The van der Waals surface area contributed by atoms with E-state index in [1.807, 2.05) is 30.3 Å². The van der Waals surface area contributed by atoms with E-state index in [1.165, 1.54) is 13.2 Å². The Labute approximate surface area is 192 Å². The summed E-state index contributed by atoms with van der Waals surface area (Å²) in [5.74, 6) is 0.976. The van der Waals surface area contributed by atoms with E-state index in [-0.39, 0.29) is 29.7 Å². The number of amidine groups is 1. The number of ether oxygens (including phenoxy) is 2. The molecule has 1 aliphatic rings. The van der Waals surface area contributed by atoms with Gasteiger partial charge in [-0.25, -0.2) is 8.42 Å². The van der Waals surface area contributed by atoms with Gasteiger partial charge in [-0.15, -0.1) is 0 Å². The summed E-state index contributed by atoms with van der Waals surface area (Å²) in [6.07, 6.45) is 0. The van der Waals surface area contributed by atoms with E-state index in [1.54, 1.807) is 36.4 Å². The number of carbonyl (C=O) groups is 1. The second kappa shape index (κ2) is 9.74. The number of nitrogens with zero attached hydrogens (tertiary/aromatic N) is 1. The van der Waals surface area contributed by atoms with Gasteiger partial charge >= 0.3 is 0 Å². The molecule has 0 unspecified atom stereocenters. The standard InChI is InChI=1S/C24H23N3O5S/c1-31-21-15-18(11-12-20(21)32-16-17-7-3-2-4-8-17)24(28)26-14-13-25-23-19-9-5-6-10-22(19)33(29,30)27-23/h2-12,15H,13-14,16H2,1H3,(H,25,27)(H,26,28). The Morgan fingerprint density at radius 2 is 1.76 bits per heavy atom. The smallest absolute Gasteiger partial charge is 0.263 e. The first-order valence-corrected chi connectivity index (χ1v) is 11.8. The van der Waals surface area contributed by atoms with Crippen LogP contribution in [0.15, 0.2) is 82.7 Å². The van der Waals surface area contributed by atoms with Crippen molar-refractivity contribution < 1.29 is 22.7 Å². The highest BCUT2D eigenvalue weighted by Crippen LogP contribution is 2.29. The number of rotatable bonds is 8. The lowest BCUT2D eigenvalue weighted by molar-refractivity contribution is 0.0954. The van der Waals surface area contributed by atoms with Crippen LogP contribution in [0.1, 0.15) is 21.5 Å². The Bertz CT molecular complexity index is 1290. The molecule has 0 aliphatic carbocycles. The van der Waals surface area contributed by atoms with Crippen molar-refractivity contribution in [2.45, 2.75) is 11.5 Å². The Morgan fingerprint density at radius 3 is 2.55 bits per heavy atom. The minimum absolute atomic E-state index is 0.203. The lowest BCUT2D eigenvalue weighted by atomic mass is 10.2. The Kier molecular flexibility index (Phi) is 6.60. The number of nitrogens with one attached hydrogen (secondary N) is 2. The summed E-state index contributed by atoms with van der Waals surface area (Å²) >= 11 is 0. The SMILES string of the molecule is COc1cc(C(=O)NCCN=C2NS(=O)(=O)c3ccccc32)ccc1OCc1ccccc1. The largest absolute Gasteiger partial charge is 0.493 e. The first-order valence-electron chi connectivity index (χ1n) is 10.3. The van der Waals surface area contributed by atoms with E-state index in [2.05, 4.69) is 15.0 Å². The molecule has 0 fully saturated rings. The normalized spacial score (nSPS) is 14.9. The second-order valence-corrected chi connectivity index (χ2v) is 8.88. The van der Waals surface area contributed by atoms with Crippen molar-refractivity contribution in [3.8, 4) is 11.5 Å². The number of aliphatic imine (C=N–C) groups is 1. The molecule has 3 aromatic carbocycles. The molecular formula is C24H23N3O5S.